The van der Waals surface area contributed by atoms with Crippen molar-refractivity contribution in [3.8, 4) is 22.3 Å². The van der Waals surface area contributed by atoms with E-state index in [-0.39, 0.29) is 0 Å². The summed E-state index contributed by atoms with van der Waals surface area (Å²) in [5, 5.41) is 1.47. The van der Waals surface area contributed by atoms with Crippen molar-refractivity contribution in [1.29, 1.82) is 0 Å². The summed E-state index contributed by atoms with van der Waals surface area (Å²) in [6.45, 7) is 0. The zero-order chi connectivity index (χ0) is 16.5. The van der Waals surface area contributed by atoms with Crippen LogP contribution in [0.4, 0.5) is 0 Å². The van der Waals surface area contributed by atoms with Crippen molar-refractivity contribution < 1.29 is 4.40 Å². The summed E-state index contributed by atoms with van der Waals surface area (Å²) in [4.78, 5) is 0. The van der Waals surface area contributed by atoms with E-state index in [0.29, 0.717) is 0 Å². The van der Waals surface area contributed by atoms with Gasteiger partial charge in [0, 0.05) is 33.8 Å². The Morgan fingerprint density at radius 1 is 0.625 bits per heavy atom. The van der Waals surface area contributed by atoms with Crippen molar-refractivity contribution in [2.75, 3.05) is 0 Å². The van der Waals surface area contributed by atoms with Gasteiger partial charge in [0.15, 0.2) is 12.4 Å². The van der Waals surface area contributed by atoms with Gasteiger partial charge in [0.05, 0.1) is 5.56 Å². The van der Waals surface area contributed by atoms with Crippen LogP contribution >= 0.6 is 23.2 Å². The van der Waals surface area contributed by atoms with Gasteiger partial charge >= 0.3 is 0 Å². The Hall–Kier alpha value is -2.35. The zero-order valence-electron chi connectivity index (χ0n) is 12.8. The van der Waals surface area contributed by atoms with Gasteiger partial charge in [-0.1, -0.05) is 47.5 Å². The van der Waals surface area contributed by atoms with Crippen molar-refractivity contribution in [1.82, 2.24) is 0 Å². The summed E-state index contributed by atoms with van der Waals surface area (Å²) in [7, 11) is 0. The van der Waals surface area contributed by atoms with Gasteiger partial charge in [-0.15, -0.1) is 0 Å². The molecule has 2 aromatic heterocycles. The molecule has 1 nitrogen and oxygen atoms in total. The number of halogens is 2. The largest absolute Gasteiger partial charge is 0.211 e. The third-order valence-corrected chi connectivity index (χ3v) is 4.59. The molecule has 0 amide bonds. The van der Waals surface area contributed by atoms with Crippen LogP contribution in [-0.4, -0.2) is 0 Å². The minimum Gasteiger partial charge on any atom is -0.167 e. The number of rotatable bonds is 2. The molecule has 24 heavy (non-hydrogen) atoms. The van der Waals surface area contributed by atoms with Gasteiger partial charge in [0.25, 0.3) is 0 Å². The third-order valence-electron chi connectivity index (χ3n) is 4.08. The van der Waals surface area contributed by atoms with Crippen LogP contribution in [0.15, 0.2) is 85.2 Å². The van der Waals surface area contributed by atoms with Gasteiger partial charge in [0.2, 0.25) is 5.52 Å². The fourth-order valence-corrected chi connectivity index (χ4v) is 3.12. The van der Waals surface area contributed by atoms with E-state index in [0.717, 1.165) is 32.3 Å². The lowest BCUT2D eigenvalue weighted by atomic mass is 9.96. The quantitative estimate of drug-likeness (QED) is 0.386. The minimum atomic E-state index is 0.736. The standard InChI is InChI=1S/C21H14Cl2N/c22-17-8-4-15(5-9-17)20-13-19-3-1-2-12-24(19)14-21(20)16-6-10-18(23)11-7-16/h1-14H/q+1. The molecule has 2 aromatic carbocycles. The van der Waals surface area contributed by atoms with Crippen LogP contribution in [0.1, 0.15) is 0 Å². The van der Waals surface area contributed by atoms with Crippen LogP contribution in [0.2, 0.25) is 10.0 Å². The van der Waals surface area contributed by atoms with E-state index >= 15 is 0 Å². The maximum absolute atomic E-state index is 6.05. The molecule has 0 atom stereocenters. The van der Waals surface area contributed by atoms with E-state index < -0.39 is 0 Å². The van der Waals surface area contributed by atoms with Gasteiger partial charge < -0.3 is 0 Å². The number of hydrogen-bond acceptors (Lipinski definition) is 0. The number of fused-ring (bicyclic) bond motifs is 1. The lowest BCUT2D eigenvalue weighted by molar-refractivity contribution is -0.511. The summed E-state index contributed by atoms with van der Waals surface area (Å²) in [5.41, 5.74) is 5.72. The number of aromatic nitrogens is 1. The molecule has 3 heteroatoms. The molecule has 4 rings (SSSR count). The number of benzene rings is 2. The molecule has 0 unspecified atom stereocenters. The lowest BCUT2D eigenvalue weighted by Gasteiger charge is -2.09. The van der Waals surface area contributed by atoms with Crippen LogP contribution in [0.5, 0.6) is 0 Å². The average molecular weight is 351 g/mol. The molecule has 0 fully saturated rings. The number of hydrogen-bond donors (Lipinski definition) is 0. The maximum atomic E-state index is 6.05. The Labute approximate surface area is 150 Å². The first-order chi connectivity index (χ1) is 11.7. The van der Waals surface area contributed by atoms with E-state index in [1.165, 1.54) is 5.56 Å². The Bertz CT molecular complexity index is 922. The summed E-state index contributed by atoms with van der Waals surface area (Å²) in [6.07, 6.45) is 4.21. The molecule has 0 bridgehead atoms. The SMILES string of the molecule is Clc1ccc(-c2cc3cccc[n+]3cc2-c2ccc(Cl)cc2)cc1. The van der Waals surface area contributed by atoms with E-state index in [9.17, 15) is 0 Å². The van der Waals surface area contributed by atoms with Crippen molar-refractivity contribution in [3.05, 3.63) is 95.2 Å². The highest BCUT2D eigenvalue weighted by Crippen LogP contribution is 2.33. The highest BCUT2D eigenvalue weighted by atomic mass is 35.5. The Balaban J connectivity index is 2.00. The number of nitrogens with zero attached hydrogens (tertiary/aromatic N) is 1. The fourth-order valence-electron chi connectivity index (χ4n) is 2.87. The van der Waals surface area contributed by atoms with Crippen molar-refractivity contribution in [2.24, 2.45) is 0 Å². The highest BCUT2D eigenvalue weighted by Gasteiger charge is 2.14. The molecule has 0 aliphatic carbocycles. The Morgan fingerprint density at radius 2 is 1.21 bits per heavy atom. The molecule has 0 saturated carbocycles. The van der Waals surface area contributed by atoms with Gasteiger partial charge in [-0.2, -0.15) is 4.40 Å². The summed E-state index contributed by atoms with van der Waals surface area (Å²) in [5.74, 6) is 0. The summed E-state index contributed by atoms with van der Waals surface area (Å²) in [6, 6.07) is 24.3. The van der Waals surface area contributed by atoms with Crippen molar-refractivity contribution in [2.45, 2.75) is 0 Å². The second-order valence-corrected chi connectivity index (χ2v) is 6.52. The van der Waals surface area contributed by atoms with E-state index in [1.54, 1.807) is 0 Å². The van der Waals surface area contributed by atoms with Crippen LogP contribution in [0.25, 0.3) is 27.8 Å². The van der Waals surface area contributed by atoms with Gasteiger partial charge in [-0.3, -0.25) is 0 Å². The monoisotopic (exact) mass is 350 g/mol. The average Bonchev–Trinajstić information content (AvgIpc) is 2.62. The second kappa shape index (κ2) is 6.27. The van der Waals surface area contributed by atoms with E-state index in [1.807, 2.05) is 48.5 Å². The molecular formula is C21H14Cl2N+. The third kappa shape index (κ3) is 2.89. The van der Waals surface area contributed by atoms with Crippen molar-refractivity contribution in [3.63, 3.8) is 0 Å². The maximum Gasteiger partial charge on any atom is 0.211 e. The van der Waals surface area contributed by atoms with Crippen LogP contribution in [0.3, 0.4) is 0 Å². The van der Waals surface area contributed by atoms with Gasteiger partial charge in [0.1, 0.15) is 0 Å². The molecular weight excluding hydrogens is 337 g/mol. The predicted octanol–water partition coefficient (Wildman–Crippen LogP) is 6.07. The van der Waals surface area contributed by atoms with Crippen molar-refractivity contribution >= 4 is 28.7 Å². The molecule has 116 valence electrons. The smallest absolute Gasteiger partial charge is 0.167 e. The molecule has 0 aliphatic heterocycles. The second-order valence-electron chi connectivity index (χ2n) is 5.65. The van der Waals surface area contributed by atoms with Crippen LogP contribution < -0.4 is 4.40 Å². The fraction of sp³-hybridized carbons (Fsp3) is 0. The Kier molecular flexibility index (Phi) is 3.97. The topological polar surface area (TPSA) is 4.10 Å². The van der Waals surface area contributed by atoms with Crippen LogP contribution in [-0.2, 0) is 0 Å². The zero-order valence-corrected chi connectivity index (χ0v) is 14.3. The van der Waals surface area contributed by atoms with E-state index in [2.05, 4.69) is 41.1 Å². The molecule has 2 heterocycles. The molecule has 0 aliphatic rings. The molecule has 0 saturated heterocycles. The normalized spacial score (nSPS) is 10.9. The highest BCUT2D eigenvalue weighted by molar-refractivity contribution is 6.31. The molecule has 0 radical (unpaired) electrons. The van der Waals surface area contributed by atoms with E-state index in [4.69, 9.17) is 23.2 Å². The summed E-state index contributed by atoms with van der Waals surface area (Å²) >= 11 is 12.1. The van der Waals surface area contributed by atoms with Crippen LogP contribution in [0, 0.1) is 0 Å². The first-order valence-electron chi connectivity index (χ1n) is 7.67. The summed E-state index contributed by atoms with van der Waals surface area (Å²) < 4.78 is 2.13. The molecule has 0 N–H and O–H groups in total. The first-order valence-corrected chi connectivity index (χ1v) is 8.42. The minimum absolute atomic E-state index is 0.736. The predicted molar refractivity (Wildman–Crippen MR) is 100 cm³/mol. The molecule has 0 spiro atoms. The first kappa shape index (κ1) is 15.2. The number of pyridine rings is 2. The Morgan fingerprint density at radius 3 is 1.83 bits per heavy atom. The molecule has 4 aromatic rings. The lowest BCUT2D eigenvalue weighted by Crippen LogP contribution is -2.20. The van der Waals surface area contributed by atoms with Gasteiger partial charge in [-0.25, -0.2) is 0 Å². The van der Waals surface area contributed by atoms with Gasteiger partial charge in [-0.05, 0) is 41.5 Å².